The average Bonchev–Trinajstić information content (AvgIpc) is 2.54. The predicted octanol–water partition coefficient (Wildman–Crippen LogP) is 2.73. The number of esters is 1. The Bertz CT molecular complexity index is 589. The van der Waals surface area contributed by atoms with E-state index in [2.05, 4.69) is 5.32 Å². The van der Waals surface area contributed by atoms with Crippen LogP contribution in [0, 0.1) is 5.92 Å². The van der Waals surface area contributed by atoms with E-state index in [0.29, 0.717) is 17.7 Å². The molecule has 1 aromatic carbocycles. The molecular formula is C17H19NO4. The van der Waals surface area contributed by atoms with E-state index in [1.807, 2.05) is 12.2 Å². The fourth-order valence-electron chi connectivity index (χ4n) is 2.25. The van der Waals surface area contributed by atoms with E-state index in [0.717, 1.165) is 12.8 Å². The molecule has 0 bridgehead atoms. The van der Waals surface area contributed by atoms with Crippen LogP contribution in [0.2, 0.25) is 0 Å². The highest BCUT2D eigenvalue weighted by molar-refractivity contribution is 5.96. The van der Waals surface area contributed by atoms with Crippen LogP contribution in [0.4, 0.5) is 5.69 Å². The van der Waals surface area contributed by atoms with Gasteiger partial charge < -0.3 is 10.1 Å². The standard InChI is InChI=1S/C17H19NO4/c1-12(19)13-7-9-15(10-8-13)18-16(20)11-22-17(21)14-5-3-2-4-6-14/h2-3,7-10,14H,4-6,11H2,1H3,(H,18,20)/t14-/m0/s1. The number of Topliss-reactive ketones (excluding diaryl/α,β-unsaturated/α-hetero) is 1. The topological polar surface area (TPSA) is 72.5 Å². The second kappa shape index (κ2) is 7.54. The summed E-state index contributed by atoms with van der Waals surface area (Å²) in [5.41, 5.74) is 1.14. The number of hydrogen-bond donors (Lipinski definition) is 1. The summed E-state index contributed by atoms with van der Waals surface area (Å²) in [7, 11) is 0. The van der Waals surface area contributed by atoms with Crippen molar-refractivity contribution in [2.45, 2.75) is 26.2 Å². The lowest BCUT2D eigenvalue weighted by molar-refractivity contribution is -0.151. The van der Waals surface area contributed by atoms with Gasteiger partial charge in [-0.2, -0.15) is 0 Å². The Morgan fingerprint density at radius 1 is 1.18 bits per heavy atom. The fraction of sp³-hybridized carbons (Fsp3) is 0.353. The third-order valence-corrected chi connectivity index (χ3v) is 3.52. The summed E-state index contributed by atoms with van der Waals surface area (Å²) in [4.78, 5) is 34.7. The van der Waals surface area contributed by atoms with Crippen LogP contribution in [0.1, 0.15) is 36.5 Å². The van der Waals surface area contributed by atoms with Crippen molar-refractivity contribution in [1.29, 1.82) is 0 Å². The Morgan fingerprint density at radius 2 is 1.91 bits per heavy atom. The Kier molecular flexibility index (Phi) is 5.47. The van der Waals surface area contributed by atoms with E-state index in [9.17, 15) is 14.4 Å². The average molecular weight is 301 g/mol. The number of amides is 1. The molecule has 2 rings (SSSR count). The van der Waals surface area contributed by atoms with E-state index in [4.69, 9.17) is 4.74 Å². The van der Waals surface area contributed by atoms with Gasteiger partial charge in [-0.3, -0.25) is 14.4 Å². The molecule has 22 heavy (non-hydrogen) atoms. The van der Waals surface area contributed by atoms with Crippen LogP contribution < -0.4 is 5.32 Å². The molecule has 1 aliphatic carbocycles. The number of carbonyl (C=O) groups is 3. The first-order valence-corrected chi connectivity index (χ1v) is 7.29. The van der Waals surface area contributed by atoms with Gasteiger partial charge in [0, 0.05) is 11.3 Å². The van der Waals surface area contributed by atoms with Gasteiger partial charge in [-0.15, -0.1) is 0 Å². The number of ether oxygens (including phenoxy) is 1. The number of carbonyl (C=O) groups excluding carboxylic acids is 3. The molecule has 0 aliphatic heterocycles. The molecule has 5 heteroatoms. The summed E-state index contributed by atoms with van der Waals surface area (Å²) in [5, 5.41) is 2.62. The zero-order valence-corrected chi connectivity index (χ0v) is 12.5. The summed E-state index contributed by atoms with van der Waals surface area (Å²) >= 11 is 0. The lowest BCUT2D eigenvalue weighted by atomic mass is 9.95. The van der Waals surface area contributed by atoms with Gasteiger partial charge in [-0.1, -0.05) is 12.2 Å². The van der Waals surface area contributed by atoms with Crippen LogP contribution in [-0.2, 0) is 14.3 Å². The smallest absolute Gasteiger partial charge is 0.309 e. The lowest BCUT2D eigenvalue weighted by Crippen LogP contribution is -2.25. The van der Waals surface area contributed by atoms with Gasteiger partial charge in [-0.25, -0.2) is 0 Å². The van der Waals surface area contributed by atoms with E-state index in [1.54, 1.807) is 24.3 Å². The molecule has 0 heterocycles. The van der Waals surface area contributed by atoms with E-state index in [1.165, 1.54) is 6.92 Å². The van der Waals surface area contributed by atoms with Crippen molar-refractivity contribution >= 4 is 23.3 Å². The Balaban J connectivity index is 1.78. The summed E-state index contributed by atoms with van der Waals surface area (Å²) < 4.78 is 5.04. The number of allylic oxidation sites excluding steroid dienone is 2. The minimum Gasteiger partial charge on any atom is -0.455 e. The van der Waals surface area contributed by atoms with Gasteiger partial charge in [0.2, 0.25) is 0 Å². The number of hydrogen-bond acceptors (Lipinski definition) is 4. The summed E-state index contributed by atoms with van der Waals surface area (Å²) in [6.07, 6.45) is 6.32. The first-order valence-electron chi connectivity index (χ1n) is 7.29. The second-order valence-electron chi connectivity index (χ2n) is 5.27. The zero-order chi connectivity index (χ0) is 15.9. The fourth-order valence-corrected chi connectivity index (χ4v) is 2.25. The molecule has 0 saturated carbocycles. The molecular weight excluding hydrogens is 282 g/mol. The molecule has 0 spiro atoms. The summed E-state index contributed by atoms with van der Waals surface area (Å²) in [5.74, 6) is -0.900. The zero-order valence-electron chi connectivity index (χ0n) is 12.5. The van der Waals surface area contributed by atoms with Crippen LogP contribution in [0.5, 0.6) is 0 Å². The largest absolute Gasteiger partial charge is 0.455 e. The number of benzene rings is 1. The number of nitrogens with one attached hydrogen (secondary N) is 1. The molecule has 116 valence electrons. The third kappa shape index (κ3) is 4.55. The predicted molar refractivity (Wildman–Crippen MR) is 82.5 cm³/mol. The summed E-state index contributed by atoms with van der Waals surface area (Å²) in [6, 6.07) is 6.56. The molecule has 0 unspecified atom stereocenters. The highest BCUT2D eigenvalue weighted by Crippen LogP contribution is 2.19. The molecule has 5 nitrogen and oxygen atoms in total. The molecule has 0 radical (unpaired) electrons. The molecule has 1 atom stereocenters. The second-order valence-corrected chi connectivity index (χ2v) is 5.27. The Hall–Kier alpha value is -2.43. The van der Waals surface area contributed by atoms with Crippen LogP contribution in [0.25, 0.3) is 0 Å². The quantitative estimate of drug-likeness (QED) is 0.515. The van der Waals surface area contributed by atoms with Crippen molar-refractivity contribution in [3.63, 3.8) is 0 Å². The van der Waals surface area contributed by atoms with Gasteiger partial charge in [-0.05, 0) is 50.5 Å². The van der Waals surface area contributed by atoms with Gasteiger partial charge in [0.15, 0.2) is 12.4 Å². The molecule has 0 aromatic heterocycles. The monoisotopic (exact) mass is 301 g/mol. The van der Waals surface area contributed by atoms with E-state index < -0.39 is 5.91 Å². The Morgan fingerprint density at radius 3 is 2.50 bits per heavy atom. The molecule has 1 N–H and O–H groups in total. The van der Waals surface area contributed by atoms with Gasteiger partial charge >= 0.3 is 5.97 Å². The van der Waals surface area contributed by atoms with Crippen LogP contribution in [0.3, 0.4) is 0 Å². The van der Waals surface area contributed by atoms with E-state index in [-0.39, 0.29) is 24.3 Å². The van der Waals surface area contributed by atoms with Crippen LogP contribution in [-0.4, -0.2) is 24.3 Å². The molecule has 0 fully saturated rings. The molecule has 1 aliphatic rings. The Labute approximate surface area is 129 Å². The SMILES string of the molecule is CC(=O)c1ccc(NC(=O)COC(=O)[C@H]2CC=CCC2)cc1. The highest BCUT2D eigenvalue weighted by atomic mass is 16.5. The molecule has 1 aromatic rings. The van der Waals surface area contributed by atoms with Crippen molar-refractivity contribution in [3.8, 4) is 0 Å². The third-order valence-electron chi connectivity index (χ3n) is 3.52. The highest BCUT2D eigenvalue weighted by Gasteiger charge is 2.20. The maximum atomic E-state index is 11.8. The van der Waals surface area contributed by atoms with Crippen molar-refractivity contribution < 1.29 is 19.1 Å². The first kappa shape index (κ1) is 15.9. The first-order chi connectivity index (χ1) is 10.6. The van der Waals surface area contributed by atoms with Crippen LogP contribution >= 0.6 is 0 Å². The molecule has 1 amide bonds. The lowest BCUT2D eigenvalue weighted by Gasteiger charge is -2.16. The van der Waals surface area contributed by atoms with Crippen molar-refractivity contribution in [2.24, 2.45) is 5.92 Å². The summed E-state index contributed by atoms with van der Waals surface area (Å²) in [6.45, 7) is 1.18. The van der Waals surface area contributed by atoms with E-state index >= 15 is 0 Å². The normalized spacial score (nSPS) is 16.9. The number of rotatable bonds is 5. The maximum absolute atomic E-state index is 11.8. The van der Waals surface area contributed by atoms with Gasteiger partial charge in [0.1, 0.15) is 0 Å². The number of anilines is 1. The minimum atomic E-state index is -0.393. The number of ketones is 1. The van der Waals surface area contributed by atoms with Crippen molar-refractivity contribution in [1.82, 2.24) is 0 Å². The van der Waals surface area contributed by atoms with Gasteiger partial charge in [0.05, 0.1) is 5.92 Å². The van der Waals surface area contributed by atoms with Crippen molar-refractivity contribution in [3.05, 3.63) is 42.0 Å². The van der Waals surface area contributed by atoms with Crippen LogP contribution in [0.15, 0.2) is 36.4 Å². The molecule has 0 saturated heterocycles. The van der Waals surface area contributed by atoms with Gasteiger partial charge in [0.25, 0.3) is 5.91 Å². The maximum Gasteiger partial charge on any atom is 0.309 e. The minimum absolute atomic E-state index is 0.0339. The van der Waals surface area contributed by atoms with Crippen molar-refractivity contribution in [2.75, 3.05) is 11.9 Å².